The van der Waals surface area contributed by atoms with E-state index in [1.54, 1.807) is 0 Å². The minimum atomic E-state index is -1.10. The molecule has 0 N–H and O–H groups in total. The highest BCUT2D eigenvalue weighted by Crippen LogP contribution is 2.05. The van der Waals surface area contributed by atoms with Gasteiger partial charge < -0.3 is 4.74 Å². The molecule has 0 aliphatic heterocycles. The molecule has 0 fully saturated rings. The van der Waals surface area contributed by atoms with Gasteiger partial charge in [-0.2, -0.15) is 0 Å². The Kier molecular flexibility index (Phi) is 10.7. The van der Waals surface area contributed by atoms with Crippen molar-refractivity contribution in [3.63, 3.8) is 0 Å². The van der Waals surface area contributed by atoms with E-state index in [2.05, 4.69) is 10.8 Å². The molecule has 0 spiro atoms. The molecule has 0 amide bonds. The maximum atomic E-state index is 10.9. The molecule has 0 rings (SSSR count). The van der Waals surface area contributed by atoms with Crippen molar-refractivity contribution < 1.29 is 13.1 Å². The second-order valence-electron chi connectivity index (χ2n) is 3.86. The van der Waals surface area contributed by atoms with Gasteiger partial charge in [-0.1, -0.05) is 25.8 Å². The molecular formula is C12H22O3S2. The third-order valence-corrected chi connectivity index (χ3v) is 3.68. The van der Waals surface area contributed by atoms with Gasteiger partial charge >= 0.3 is 0 Å². The summed E-state index contributed by atoms with van der Waals surface area (Å²) in [6.07, 6.45) is 5.27. The molecular weight excluding hydrogens is 256 g/mol. The standard InChI is InChI=1S/C12H22O3S2/c1-11(2)12(16)15-9-7-5-4-6-8-10-17(13)14-3/h1,4-10H2,2-3H3. The summed E-state index contributed by atoms with van der Waals surface area (Å²) in [5.74, 6) is 0.632. The zero-order valence-corrected chi connectivity index (χ0v) is 12.3. The molecule has 0 aromatic heterocycles. The van der Waals surface area contributed by atoms with Crippen LogP contribution >= 0.6 is 12.2 Å². The summed E-state index contributed by atoms with van der Waals surface area (Å²) in [6, 6.07) is 0. The maximum absolute atomic E-state index is 10.9. The second-order valence-corrected chi connectivity index (χ2v) is 5.58. The van der Waals surface area contributed by atoms with E-state index < -0.39 is 11.1 Å². The van der Waals surface area contributed by atoms with Crippen LogP contribution in [0.4, 0.5) is 0 Å². The Hall–Kier alpha value is -0.260. The highest BCUT2D eigenvalue weighted by Gasteiger charge is 1.99. The monoisotopic (exact) mass is 278 g/mol. The molecule has 0 aliphatic rings. The first-order valence-corrected chi connectivity index (χ1v) is 7.48. The van der Waals surface area contributed by atoms with Crippen LogP contribution in [-0.2, 0) is 20.0 Å². The van der Waals surface area contributed by atoms with Crippen molar-refractivity contribution in [2.24, 2.45) is 0 Å². The lowest BCUT2D eigenvalue weighted by Crippen LogP contribution is -2.03. The molecule has 0 aromatic rings. The quantitative estimate of drug-likeness (QED) is 0.349. The zero-order valence-electron chi connectivity index (χ0n) is 10.7. The summed E-state index contributed by atoms with van der Waals surface area (Å²) in [5, 5.41) is 0.514. The van der Waals surface area contributed by atoms with E-state index >= 15 is 0 Å². The molecule has 17 heavy (non-hydrogen) atoms. The van der Waals surface area contributed by atoms with E-state index in [0.29, 0.717) is 17.4 Å². The molecule has 0 saturated heterocycles. The van der Waals surface area contributed by atoms with Gasteiger partial charge in [-0.25, -0.2) is 4.21 Å². The molecule has 0 radical (unpaired) electrons. The predicted octanol–water partition coefficient (Wildman–Crippen LogP) is 3.17. The molecule has 0 saturated carbocycles. The SMILES string of the molecule is C=C(C)C(=S)OCCCCCCCS(=O)OC. The fraction of sp³-hybridized carbons (Fsp3) is 0.750. The van der Waals surface area contributed by atoms with Gasteiger partial charge in [0.2, 0.25) is 0 Å². The molecule has 100 valence electrons. The summed E-state index contributed by atoms with van der Waals surface area (Å²) in [7, 11) is 1.47. The van der Waals surface area contributed by atoms with Gasteiger partial charge in [0.25, 0.3) is 0 Å². The molecule has 1 atom stereocenters. The third-order valence-electron chi connectivity index (χ3n) is 2.22. The van der Waals surface area contributed by atoms with Crippen molar-refractivity contribution in [3.8, 4) is 0 Å². The van der Waals surface area contributed by atoms with Crippen LogP contribution in [0, 0.1) is 0 Å². The Morgan fingerprint density at radius 2 is 1.82 bits per heavy atom. The van der Waals surface area contributed by atoms with Gasteiger partial charge in [0.15, 0.2) is 16.1 Å². The molecule has 3 nitrogen and oxygen atoms in total. The average molecular weight is 278 g/mol. The lowest BCUT2D eigenvalue weighted by Gasteiger charge is -2.06. The predicted molar refractivity (Wildman–Crippen MR) is 76.5 cm³/mol. The molecule has 0 heterocycles. The van der Waals surface area contributed by atoms with Crippen LogP contribution < -0.4 is 0 Å². The summed E-state index contributed by atoms with van der Waals surface area (Å²) < 4.78 is 20.9. The van der Waals surface area contributed by atoms with Gasteiger partial charge in [-0.3, -0.25) is 4.18 Å². The van der Waals surface area contributed by atoms with Crippen LogP contribution in [0.2, 0.25) is 0 Å². The maximum Gasteiger partial charge on any atom is 0.186 e. The number of unbranched alkanes of at least 4 members (excludes halogenated alkanes) is 4. The van der Waals surface area contributed by atoms with E-state index in [4.69, 9.17) is 17.0 Å². The Balaban J connectivity index is 3.22. The van der Waals surface area contributed by atoms with Crippen LogP contribution in [0.5, 0.6) is 0 Å². The van der Waals surface area contributed by atoms with Gasteiger partial charge in [0.1, 0.15) is 0 Å². The largest absolute Gasteiger partial charge is 0.483 e. The number of hydrogen-bond donors (Lipinski definition) is 0. The smallest absolute Gasteiger partial charge is 0.186 e. The highest BCUT2D eigenvalue weighted by atomic mass is 32.2. The molecule has 1 unspecified atom stereocenters. The Morgan fingerprint density at radius 3 is 2.41 bits per heavy atom. The van der Waals surface area contributed by atoms with Crippen molar-refractivity contribution in [2.45, 2.75) is 39.0 Å². The van der Waals surface area contributed by atoms with E-state index in [1.165, 1.54) is 7.11 Å². The van der Waals surface area contributed by atoms with Crippen molar-refractivity contribution in [2.75, 3.05) is 19.5 Å². The highest BCUT2D eigenvalue weighted by molar-refractivity contribution is 7.80. The molecule has 0 aliphatic carbocycles. The van der Waals surface area contributed by atoms with Crippen molar-refractivity contribution in [3.05, 3.63) is 12.2 Å². The van der Waals surface area contributed by atoms with E-state index in [-0.39, 0.29) is 0 Å². The van der Waals surface area contributed by atoms with Crippen molar-refractivity contribution >= 4 is 28.3 Å². The lowest BCUT2D eigenvalue weighted by atomic mass is 10.2. The topological polar surface area (TPSA) is 35.5 Å². The van der Waals surface area contributed by atoms with E-state index in [1.807, 2.05) is 6.92 Å². The van der Waals surface area contributed by atoms with Crippen LogP contribution in [0.1, 0.15) is 39.0 Å². The number of hydrogen-bond acceptors (Lipinski definition) is 4. The summed E-state index contributed by atoms with van der Waals surface area (Å²) in [4.78, 5) is 0. The zero-order chi connectivity index (χ0) is 13.1. The number of rotatable bonds is 10. The van der Waals surface area contributed by atoms with Crippen LogP contribution in [0.25, 0.3) is 0 Å². The van der Waals surface area contributed by atoms with Crippen molar-refractivity contribution in [1.82, 2.24) is 0 Å². The summed E-state index contributed by atoms with van der Waals surface area (Å²) in [5.41, 5.74) is 0.807. The van der Waals surface area contributed by atoms with Crippen LogP contribution in [-0.4, -0.2) is 28.7 Å². The molecule has 0 aromatic carbocycles. The molecule has 0 bridgehead atoms. The fourth-order valence-corrected chi connectivity index (χ4v) is 1.91. The minimum absolute atomic E-state index is 0.514. The van der Waals surface area contributed by atoms with E-state index in [9.17, 15) is 4.21 Å². The second kappa shape index (κ2) is 10.9. The summed E-state index contributed by atoms with van der Waals surface area (Å²) >= 11 is 3.87. The lowest BCUT2D eigenvalue weighted by molar-refractivity contribution is 0.300. The van der Waals surface area contributed by atoms with Crippen LogP contribution in [0.3, 0.4) is 0 Å². The first kappa shape index (κ1) is 16.7. The van der Waals surface area contributed by atoms with Gasteiger partial charge in [-0.05, 0) is 37.6 Å². The Morgan fingerprint density at radius 1 is 1.24 bits per heavy atom. The normalized spacial score (nSPS) is 12.1. The van der Waals surface area contributed by atoms with Crippen molar-refractivity contribution in [1.29, 1.82) is 0 Å². The van der Waals surface area contributed by atoms with E-state index in [0.717, 1.165) is 37.7 Å². The Labute approximate surface area is 112 Å². The average Bonchev–Trinajstić information content (AvgIpc) is 2.31. The van der Waals surface area contributed by atoms with Gasteiger partial charge in [0.05, 0.1) is 13.7 Å². The fourth-order valence-electron chi connectivity index (χ4n) is 1.22. The van der Waals surface area contributed by atoms with Crippen LogP contribution in [0.15, 0.2) is 12.2 Å². The first-order chi connectivity index (χ1) is 8.07. The minimum Gasteiger partial charge on any atom is -0.483 e. The number of ether oxygens (including phenoxy) is 1. The van der Waals surface area contributed by atoms with Gasteiger partial charge in [0, 0.05) is 5.75 Å². The van der Waals surface area contributed by atoms with Gasteiger partial charge in [-0.15, -0.1) is 0 Å². The molecule has 5 heteroatoms. The third kappa shape index (κ3) is 10.6. The first-order valence-electron chi connectivity index (χ1n) is 5.83. The summed E-state index contributed by atoms with van der Waals surface area (Å²) in [6.45, 7) is 6.22. The Bertz CT molecular complexity index is 264. The number of thiocarbonyl (C=S) groups is 1.